The molecule has 1 N–H and O–H groups in total. The second-order valence-corrected chi connectivity index (χ2v) is 6.97. The zero-order chi connectivity index (χ0) is 16.8. The van der Waals surface area contributed by atoms with Crippen molar-refractivity contribution in [1.82, 2.24) is 10.2 Å². The topological polar surface area (TPSA) is 62.6 Å². The molecular formula is C18H22N2O3S. The molecule has 0 radical (unpaired) electrons. The Labute approximate surface area is 145 Å². The highest BCUT2D eigenvalue weighted by molar-refractivity contribution is 7.12. The number of carbonyl (C=O) groups is 2. The van der Waals surface area contributed by atoms with Crippen LogP contribution in [0.1, 0.15) is 47.5 Å². The van der Waals surface area contributed by atoms with Gasteiger partial charge in [0.05, 0.1) is 17.7 Å². The summed E-state index contributed by atoms with van der Waals surface area (Å²) in [6.45, 7) is 0.867. The molecule has 1 aliphatic carbocycles. The number of hydrogen-bond acceptors (Lipinski definition) is 4. The Hall–Kier alpha value is -2.08. The van der Waals surface area contributed by atoms with Crippen LogP contribution in [-0.4, -0.2) is 29.3 Å². The minimum Gasteiger partial charge on any atom is -0.467 e. The zero-order valence-electron chi connectivity index (χ0n) is 13.6. The van der Waals surface area contributed by atoms with Crippen LogP contribution in [0.2, 0.25) is 0 Å². The quantitative estimate of drug-likeness (QED) is 0.835. The van der Waals surface area contributed by atoms with Gasteiger partial charge in [-0.05, 0) is 36.4 Å². The molecule has 1 fully saturated rings. The van der Waals surface area contributed by atoms with Gasteiger partial charge in [-0.15, -0.1) is 11.3 Å². The number of nitrogens with zero attached hydrogens (tertiary/aromatic N) is 1. The molecule has 6 heteroatoms. The Morgan fingerprint density at radius 3 is 2.75 bits per heavy atom. The van der Waals surface area contributed by atoms with Crippen molar-refractivity contribution in [1.29, 1.82) is 0 Å². The van der Waals surface area contributed by atoms with E-state index in [4.69, 9.17) is 4.42 Å². The van der Waals surface area contributed by atoms with Crippen LogP contribution >= 0.6 is 11.3 Å². The maximum atomic E-state index is 12.7. The highest BCUT2D eigenvalue weighted by Gasteiger charge is 2.27. The summed E-state index contributed by atoms with van der Waals surface area (Å²) in [5, 5.41) is 4.69. The smallest absolute Gasteiger partial charge is 0.261 e. The molecule has 5 nitrogen and oxygen atoms in total. The number of furan rings is 1. The number of rotatable bonds is 7. The van der Waals surface area contributed by atoms with Gasteiger partial charge in [0, 0.05) is 19.0 Å². The molecule has 0 aromatic carbocycles. The highest BCUT2D eigenvalue weighted by atomic mass is 32.1. The molecule has 0 atom stereocenters. The summed E-state index contributed by atoms with van der Waals surface area (Å²) in [5.74, 6) is 0.763. The third kappa shape index (κ3) is 4.26. The van der Waals surface area contributed by atoms with Crippen molar-refractivity contribution in [3.05, 3.63) is 46.5 Å². The predicted octanol–water partition coefficient (Wildman–Crippen LogP) is 3.43. The van der Waals surface area contributed by atoms with E-state index in [0.29, 0.717) is 24.4 Å². The second kappa shape index (κ2) is 8.15. The van der Waals surface area contributed by atoms with E-state index in [1.54, 1.807) is 12.3 Å². The summed E-state index contributed by atoms with van der Waals surface area (Å²) in [6.07, 6.45) is 6.38. The van der Waals surface area contributed by atoms with Gasteiger partial charge in [0.15, 0.2) is 0 Å². The van der Waals surface area contributed by atoms with Gasteiger partial charge in [0.25, 0.3) is 5.91 Å². The minimum atomic E-state index is -0.115. The van der Waals surface area contributed by atoms with E-state index in [2.05, 4.69) is 5.32 Å². The predicted molar refractivity (Wildman–Crippen MR) is 92.8 cm³/mol. The maximum Gasteiger partial charge on any atom is 0.261 e. The van der Waals surface area contributed by atoms with Gasteiger partial charge in [-0.3, -0.25) is 9.59 Å². The van der Waals surface area contributed by atoms with Crippen LogP contribution in [0.15, 0.2) is 40.3 Å². The van der Waals surface area contributed by atoms with E-state index < -0.39 is 0 Å². The third-order valence-corrected chi connectivity index (χ3v) is 5.23. The summed E-state index contributed by atoms with van der Waals surface area (Å²) in [4.78, 5) is 27.2. The molecule has 0 saturated heterocycles. The standard InChI is InChI=1S/C18H22N2O3S/c21-17(9-10-19-18(22)16-8-4-12-24-16)20(14-5-1-2-6-14)13-15-7-3-11-23-15/h3-4,7-8,11-12,14H,1-2,5-6,9-10,13H2,(H,19,22). The first-order valence-electron chi connectivity index (χ1n) is 8.37. The SMILES string of the molecule is O=C(NCCC(=O)N(Cc1ccco1)C1CCCC1)c1cccs1. The van der Waals surface area contributed by atoms with Gasteiger partial charge in [-0.25, -0.2) is 0 Å². The number of carbonyl (C=O) groups excluding carboxylic acids is 2. The normalized spacial score (nSPS) is 14.7. The van der Waals surface area contributed by atoms with Crippen LogP contribution in [0.5, 0.6) is 0 Å². The molecule has 24 heavy (non-hydrogen) atoms. The lowest BCUT2D eigenvalue weighted by Crippen LogP contribution is -2.40. The Kier molecular flexibility index (Phi) is 5.69. The fourth-order valence-electron chi connectivity index (χ4n) is 3.13. The van der Waals surface area contributed by atoms with E-state index in [1.807, 2.05) is 28.5 Å². The fourth-order valence-corrected chi connectivity index (χ4v) is 3.77. The highest BCUT2D eigenvalue weighted by Crippen LogP contribution is 2.25. The molecule has 0 unspecified atom stereocenters. The van der Waals surface area contributed by atoms with E-state index in [-0.39, 0.29) is 17.9 Å². The molecule has 0 spiro atoms. The average Bonchev–Trinajstić information content (AvgIpc) is 3.35. The largest absolute Gasteiger partial charge is 0.467 e. The Morgan fingerprint density at radius 2 is 2.08 bits per heavy atom. The lowest BCUT2D eigenvalue weighted by atomic mass is 10.2. The molecule has 0 aliphatic heterocycles. The van der Waals surface area contributed by atoms with Crippen molar-refractivity contribution in [3.8, 4) is 0 Å². The molecule has 3 rings (SSSR count). The molecule has 1 saturated carbocycles. The summed E-state index contributed by atoms with van der Waals surface area (Å²) in [5.41, 5.74) is 0. The summed E-state index contributed by atoms with van der Waals surface area (Å²) in [6, 6.07) is 7.65. The van der Waals surface area contributed by atoms with Crippen LogP contribution < -0.4 is 5.32 Å². The van der Waals surface area contributed by atoms with Crippen molar-refractivity contribution in [2.45, 2.75) is 44.7 Å². The number of nitrogens with one attached hydrogen (secondary N) is 1. The summed E-state index contributed by atoms with van der Waals surface area (Å²) >= 11 is 1.40. The van der Waals surface area contributed by atoms with E-state index in [1.165, 1.54) is 24.2 Å². The van der Waals surface area contributed by atoms with Gasteiger partial charge in [-0.1, -0.05) is 18.9 Å². The number of hydrogen-bond donors (Lipinski definition) is 1. The van der Waals surface area contributed by atoms with E-state index in [0.717, 1.165) is 18.6 Å². The minimum absolute atomic E-state index is 0.0739. The Balaban J connectivity index is 1.53. The van der Waals surface area contributed by atoms with Crippen molar-refractivity contribution >= 4 is 23.2 Å². The maximum absolute atomic E-state index is 12.7. The van der Waals surface area contributed by atoms with Gasteiger partial charge in [0.1, 0.15) is 5.76 Å². The fraction of sp³-hybridized carbons (Fsp3) is 0.444. The molecule has 2 aromatic heterocycles. The van der Waals surface area contributed by atoms with Crippen LogP contribution in [0.4, 0.5) is 0 Å². The average molecular weight is 346 g/mol. The van der Waals surface area contributed by atoms with Gasteiger partial charge < -0.3 is 14.6 Å². The summed E-state index contributed by atoms with van der Waals surface area (Å²) in [7, 11) is 0. The number of thiophene rings is 1. The van der Waals surface area contributed by atoms with Crippen molar-refractivity contribution in [2.75, 3.05) is 6.54 Å². The van der Waals surface area contributed by atoms with Gasteiger partial charge >= 0.3 is 0 Å². The monoisotopic (exact) mass is 346 g/mol. The Morgan fingerprint density at radius 1 is 1.25 bits per heavy atom. The van der Waals surface area contributed by atoms with E-state index >= 15 is 0 Å². The molecule has 0 bridgehead atoms. The molecule has 2 aromatic rings. The first-order valence-corrected chi connectivity index (χ1v) is 9.25. The third-order valence-electron chi connectivity index (χ3n) is 4.36. The first kappa shape index (κ1) is 16.8. The molecular weight excluding hydrogens is 324 g/mol. The van der Waals surface area contributed by atoms with Crippen molar-refractivity contribution < 1.29 is 14.0 Å². The molecule has 128 valence electrons. The van der Waals surface area contributed by atoms with Crippen LogP contribution in [-0.2, 0) is 11.3 Å². The van der Waals surface area contributed by atoms with E-state index in [9.17, 15) is 9.59 Å². The van der Waals surface area contributed by atoms with Gasteiger partial charge in [0.2, 0.25) is 5.91 Å². The van der Waals surface area contributed by atoms with Crippen LogP contribution in [0.3, 0.4) is 0 Å². The molecule has 2 amide bonds. The van der Waals surface area contributed by atoms with Crippen LogP contribution in [0, 0.1) is 0 Å². The van der Waals surface area contributed by atoms with Crippen molar-refractivity contribution in [3.63, 3.8) is 0 Å². The van der Waals surface area contributed by atoms with Crippen molar-refractivity contribution in [2.24, 2.45) is 0 Å². The first-order chi connectivity index (χ1) is 11.7. The Bertz CT molecular complexity index is 646. The lowest BCUT2D eigenvalue weighted by molar-refractivity contribution is -0.134. The second-order valence-electron chi connectivity index (χ2n) is 6.02. The number of amides is 2. The summed E-state index contributed by atoms with van der Waals surface area (Å²) < 4.78 is 5.40. The zero-order valence-corrected chi connectivity index (χ0v) is 14.4. The lowest BCUT2D eigenvalue weighted by Gasteiger charge is -2.28. The van der Waals surface area contributed by atoms with Crippen LogP contribution in [0.25, 0.3) is 0 Å². The molecule has 2 heterocycles. The molecule has 1 aliphatic rings. The van der Waals surface area contributed by atoms with Gasteiger partial charge in [-0.2, -0.15) is 0 Å².